The van der Waals surface area contributed by atoms with Gasteiger partial charge in [0.2, 0.25) is 0 Å². The van der Waals surface area contributed by atoms with E-state index in [1.807, 2.05) is 18.4 Å². The summed E-state index contributed by atoms with van der Waals surface area (Å²) in [7, 11) is 0. The van der Waals surface area contributed by atoms with Gasteiger partial charge in [-0.1, -0.05) is 0 Å². The Kier molecular flexibility index (Phi) is 4.48. The lowest BCUT2D eigenvalue weighted by Gasteiger charge is -2.14. The van der Waals surface area contributed by atoms with E-state index in [4.69, 9.17) is 0 Å². The van der Waals surface area contributed by atoms with E-state index in [0.717, 1.165) is 21.5 Å². The molecule has 0 aliphatic heterocycles. The van der Waals surface area contributed by atoms with Crippen LogP contribution in [0.25, 0.3) is 0 Å². The summed E-state index contributed by atoms with van der Waals surface area (Å²) in [6.45, 7) is 2.44. The maximum atomic E-state index is 13.5. The van der Waals surface area contributed by atoms with Crippen LogP contribution < -0.4 is 5.32 Å². The van der Waals surface area contributed by atoms with Gasteiger partial charge in [-0.25, -0.2) is 8.78 Å². The summed E-state index contributed by atoms with van der Waals surface area (Å²) >= 11 is 4.99. The fourth-order valence-electron chi connectivity index (χ4n) is 1.67. The van der Waals surface area contributed by atoms with Gasteiger partial charge in [-0.2, -0.15) is 0 Å². The van der Waals surface area contributed by atoms with Crippen LogP contribution in [-0.2, 0) is 6.54 Å². The smallest absolute Gasteiger partial charge is 0.128 e. The van der Waals surface area contributed by atoms with Gasteiger partial charge in [0.1, 0.15) is 11.6 Å². The van der Waals surface area contributed by atoms with Crippen molar-refractivity contribution in [3.8, 4) is 0 Å². The summed E-state index contributed by atoms with van der Waals surface area (Å²) in [5.41, 5.74) is 1.47. The van der Waals surface area contributed by atoms with E-state index in [1.165, 1.54) is 6.07 Å². The topological polar surface area (TPSA) is 12.0 Å². The lowest BCUT2D eigenvalue weighted by molar-refractivity contribution is 0.519. The van der Waals surface area contributed by atoms with E-state index < -0.39 is 5.82 Å². The number of nitrogens with one attached hydrogen (secondary N) is 1. The molecule has 1 unspecified atom stereocenters. The molecule has 18 heavy (non-hydrogen) atoms. The fraction of sp³-hybridized carbons (Fsp3) is 0.231. The second-order valence-corrected chi connectivity index (χ2v) is 6.32. The molecule has 0 bridgehead atoms. The van der Waals surface area contributed by atoms with Crippen molar-refractivity contribution in [2.75, 3.05) is 0 Å². The Hall–Kier alpha value is -0.780. The van der Waals surface area contributed by atoms with Gasteiger partial charge in [-0.15, -0.1) is 11.3 Å². The minimum atomic E-state index is -0.418. The molecular weight excluding hydrogens is 320 g/mol. The first kappa shape index (κ1) is 13.6. The summed E-state index contributed by atoms with van der Waals surface area (Å²) in [6, 6.07) is 5.29. The average Bonchev–Trinajstić information content (AvgIpc) is 2.75. The van der Waals surface area contributed by atoms with E-state index in [1.54, 1.807) is 11.3 Å². The molecule has 1 N–H and O–H groups in total. The van der Waals surface area contributed by atoms with Crippen molar-refractivity contribution in [3.05, 3.63) is 56.2 Å². The Morgan fingerprint density at radius 2 is 2.11 bits per heavy atom. The first-order valence-corrected chi connectivity index (χ1v) is 7.15. The molecule has 0 fully saturated rings. The minimum Gasteiger partial charge on any atom is -0.306 e. The Bertz CT molecular complexity index is 542. The third-order valence-electron chi connectivity index (χ3n) is 2.66. The number of benzene rings is 1. The summed E-state index contributed by atoms with van der Waals surface area (Å²) in [5.74, 6) is -0.804. The molecule has 0 saturated heterocycles. The summed E-state index contributed by atoms with van der Waals surface area (Å²) in [5, 5.41) is 5.20. The Morgan fingerprint density at radius 1 is 1.33 bits per heavy atom. The maximum Gasteiger partial charge on any atom is 0.128 e. The molecule has 0 radical (unpaired) electrons. The summed E-state index contributed by atoms with van der Waals surface area (Å²) in [4.78, 5) is 0. The number of rotatable bonds is 4. The molecule has 96 valence electrons. The normalized spacial score (nSPS) is 12.7. The summed E-state index contributed by atoms with van der Waals surface area (Å²) in [6.07, 6.45) is 0. The summed E-state index contributed by atoms with van der Waals surface area (Å²) < 4.78 is 27.7. The molecule has 1 aromatic carbocycles. The SMILES string of the molecule is CC(NCc1csc(Br)c1)c1cc(F)ccc1F. The van der Waals surface area contributed by atoms with Crippen LogP contribution in [0.15, 0.2) is 33.4 Å². The highest BCUT2D eigenvalue weighted by atomic mass is 79.9. The molecule has 1 heterocycles. The van der Waals surface area contributed by atoms with Crippen LogP contribution in [0.1, 0.15) is 24.1 Å². The lowest BCUT2D eigenvalue weighted by Crippen LogP contribution is -2.19. The lowest BCUT2D eigenvalue weighted by atomic mass is 10.1. The third kappa shape index (κ3) is 3.37. The number of hydrogen-bond donors (Lipinski definition) is 1. The van der Waals surface area contributed by atoms with Crippen LogP contribution in [-0.4, -0.2) is 0 Å². The number of halogens is 3. The van der Waals surface area contributed by atoms with Gasteiger partial charge in [-0.3, -0.25) is 0 Å². The molecule has 0 spiro atoms. The molecule has 0 amide bonds. The molecule has 1 atom stereocenters. The Morgan fingerprint density at radius 3 is 2.78 bits per heavy atom. The quantitative estimate of drug-likeness (QED) is 0.860. The minimum absolute atomic E-state index is 0.237. The highest BCUT2D eigenvalue weighted by Crippen LogP contribution is 2.22. The van der Waals surface area contributed by atoms with E-state index in [9.17, 15) is 8.78 Å². The van der Waals surface area contributed by atoms with Crippen molar-refractivity contribution in [1.29, 1.82) is 0 Å². The van der Waals surface area contributed by atoms with Gasteiger partial charge in [-0.05, 0) is 58.1 Å². The van der Waals surface area contributed by atoms with E-state index in [2.05, 4.69) is 21.2 Å². The molecule has 1 aromatic heterocycles. The van der Waals surface area contributed by atoms with Crippen molar-refractivity contribution < 1.29 is 8.78 Å². The highest BCUT2D eigenvalue weighted by Gasteiger charge is 2.11. The van der Waals surface area contributed by atoms with E-state index in [-0.39, 0.29) is 11.9 Å². The van der Waals surface area contributed by atoms with Crippen LogP contribution in [0.4, 0.5) is 8.78 Å². The second-order valence-electron chi connectivity index (χ2n) is 4.03. The van der Waals surface area contributed by atoms with Gasteiger partial charge in [0.25, 0.3) is 0 Å². The molecule has 0 aliphatic carbocycles. The Balaban J connectivity index is 2.03. The first-order chi connectivity index (χ1) is 8.56. The van der Waals surface area contributed by atoms with Gasteiger partial charge in [0.05, 0.1) is 3.79 Å². The van der Waals surface area contributed by atoms with Crippen molar-refractivity contribution in [2.45, 2.75) is 19.5 Å². The molecule has 5 heteroatoms. The molecule has 0 aliphatic rings. The largest absolute Gasteiger partial charge is 0.306 e. The monoisotopic (exact) mass is 331 g/mol. The number of hydrogen-bond acceptors (Lipinski definition) is 2. The Labute approximate surface area is 117 Å². The predicted octanol–water partition coefficient (Wildman–Crippen LogP) is 4.64. The zero-order chi connectivity index (χ0) is 13.1. The van der Waals surface area contributed by atoms with Crippen LogP contribution >= 0.6 is 27.3 Å². The first-order valence-electron chi connectivity index (χ1n) is 5.47. The van der Waals surface area contributed by atoms with Crippen LogP contribution in [0, 0.1) is 11.6 Å². The molecular formula is C13H12BrF2NS. The van der Waals surface area contributed by atoms with Crippen molar-refractivity contribution >= 4 is 27.3 Å². The van der Waals surface area contributed by atoms with Gasteiger partial charge in [0.15, 0.2) is 0 Å². The fourth-order valence-corrected chi connectivity index (χ4v) is 2.87. The van der Waals surface area contributed by atoms with Crippen LogP contribution in [0.5, 0.6) is 0 Å². The van der Waals surface area contributed by atoms with Gasteiger partial charge in [0, 0.05) is 18.2 Å². The zero-order valence-electron chi connectivity index (χ0n) is 9.71. The molecule has 2 aromatic rings. The molecule has 0 saturated carbocycles. The van der Waals surface area contributed by atoms with Gasteiger partial charge >= 0.3 is 0 Å². The highest BCUT2D eigenvalue weighted by molar-refractivity contribution is 9.11. The molecule has 2 rings (SSSR count). The standard InChI is InChI=1S/C13H12BrF2NS/c1-8(11-5-10(15)2-3-12(11)16)17-6-9-4-13(14)18-7-9/h2-5,7-8,17H,6H2,1H3. The van der Waals surface area contributed by atoms with Crippen LogP contribution in [0.3, 0.4) is 0 Å². The predicted molar refractivity (Wildman–Crippen MR) is 73.6 cm³/mol. The van der Waals surface area contributed by atoms with Crippen LogP contribution in [0.2, 0.25) is 0 Å². The maximum absolute atomic E-state index is 13.5. The van der Waals surface area contributed by atoms with E-state index >= 15 is 0 Å². The second kappa shape index (κ2) is 5.91. The molecule has 1 nitrogen and oxygen atoms in total. The average molecular weight is 332 g/mol. The number of thiophene rings is 1. The third-order valence-corrected chi connectivity index (χ3v) is 4.21. The zero-order valence-corrected chi connectivity index (χ0v) is 12.1. The van der Waals surface area contributed by atoms with Crippen molar-refractivity contribution in [1.82, 2.24) is 5.32 Å². The van der Waals surface area contributed by atoms with E-state index in [0.29, 0.717) is 12.1 Å². The van der Waals surface area contributed by atoms with Crippen molar-refractivity contribution in [3.63, 3.8) is 0 Å². The van der Waals surface area contributed by atoms with Gasteiger partial charge < -0.3 is 5.32 Å². The van der Waals surface area contributed by atoms with Crippen molar-refractivity contribution in [2.24, 2.45) is 0 Å².